The Morgan fingerprint density at radius 1 is 1.23 bits per heavy atom. The predicted molar refractivity (Wildman–Crippen MR) is 54.5 cm³/mol. The van der Waals surface area contributed by atoms with Crippen molar-refractivity contribution in [2.75, 3.05) is 5.32 Å². The van der Waals surface area contributed by atoms with Crippen LogP contribution in [0.2, 0.25) is 0 Å². The van der Waals surface area contributed by atoms with Crippen molar-refractivity contribution in [3.8, 4) is 5.75 Å². The Morgan fingerprint density at radius 3 is 3.00 bits per heavy atom. The third-order valence-electron chi connectivity index (χ3n) is 2.70. The third-order valence-corrected chi connectivity index (χ3v) is 2.70. The Hall–Kier alpha value is -1.25. The van der Waals surface area contributed by atoms with E-state index in [9.17, 15) is 0 Å². The van der Waals surface area contributed by atoms with Gasteiger partial charge < -0.3 is 0 Å². The van der Waals surface area contributed by atoms with Crippen LogP contribution in [0.1, 0.15) is 17.5 Å². The van der Waals surface area contributed by atoms with Gasteiger partial charge in [-0.15, -0.1) is 0 Å². The second kappa shape index (κ2) is 2.62. The molecule has 2 aliphatic rings. The van der Waals surface area contributed by atoms with Crippen LogP contribution in [-0.4, -0.2) is 13.2 Å². The summed E-state index contributed by atoms with van der Waals surface area (Å²) in [6, 6.07) is 4.37. The van der Waals surface area contributed by atoms with Crippen molar-refractivity contribution in [1.29, 1.82) is 0 Å². The fourth-order valence-electron chi connectivity index (χ4n) is 2.04. The van der Waals surface area contributed by atoms with E-state index in [-0.39, 0.29) is 0 Å². The van der Waals surface area contributed by atoms with Gasteiger partial charge in [0.2, 0.25) is 0 Å². The van der Waals surface area contributed by atoms with Crippen molar-refractivity contribution in [2.24, 2.45) is 0 Å². The molecule has 0 bridgehead atoms. The summed E-state index contributed by atoms with van der Waals surface area (Å²) in [6.45, 7) is 0. The molecule has 1 aliphatic heterocycles. The first-order valence-corrected chi connectivity index (χ1v) is 4.67. The maximum absolute atomic E-state index is 5.41. The topological polar surface area (TPSA) is 21.3 Å². The van der Waals surface area contributed by atoms with E-state index >= 15 is 0 Å². The van der Waals surface area contributed by atoms with Gasteiger partial charge in [0.25, 0.3) is 0 Å². The molecule has 3 rings (SSSR count). The van der Waals surface area contributed by atoms with E-state index in [0.29, 0.717) is 0 Å². The van der Waals surface area contributed by atoms with Crippen LogP contribution in [0.3, 0.4) is 0 Å². The molecular weight excluding hydrogens is 161 g/mol. The van der Waals surface area contributed by atoms with Crippen LogP contribution in [0, 0.1) is 0 Å². The fourth-order valence-corrected chi connectivity index (χ4v) is 2.04. The molecule has 0 fully saturated rings. The molecule has 0 saturated heterocycles. The summed E-state index contributed by atoms with van der Waals surface area (Å²) in [5, 5.41) is 3.19. The van der Waals surface area contributed by atoms with Gasteiger partial charge in [0.15, 0.2) is 0 Å². The van der Waals surface area contributed by atoms with Crippen LogP contribution < -0.4 is 9.97 Å². The average Bonchev–Trinajstić information content (AvgIpc) is 2.61. The van der Waals surface area contributed by atoms with Gasteiger partial charge in [0.05, 0.1) is 0 Å². The molecule has 64 valence electrons. The van der Waals surface area contributed by atoms with Gasteiger partial charge in [0, 0.05) is 0 Å². The molecule has 2 nitrogen and oxygen atoms in total. The van der Waals surface area contributed by atoms with Gasteiger partial charge in [-0.25, -0.2) is 0 Å². The fraction of sp³-hybridized carbons (Fsp3) is 0.300. The van der Waals surface area contributed by atoms with Crippen molar-refractivity contribution in [3.05, 3.63) is 23.3 Å². The van der Waals surface area contributed by atoms with Crippen LogP contribution in [-0.2, 0) is 12.8 Å². The van der Waals surface area contributed by atoms with Gasteiger partial charge in [-0.3, -0.25) is 0 Å². The Bertz CT molecular complexity index is 352. The molecule has 0 saturated carbocycles. The second-order valence-electron chi connectivity index (χ2n) is 3.54. The van der Waals surface area contributed by atoms with Gasteiger partial charge in [0.1, 0.15) is 0 Å². The molecule has 0 unspecified atom stereocenters. The zero-order chi connectivity index (χ0) is 8.67. The summed E-state index contributed by atoms with van der Waals surface area (Å²) < 4.78 is 5.41. The van der Waals surface area contributed by atoms with Crippen LogP contribution >= 0.6 is 0 Å². The van der Waals surface area contributed by atoms with E-state index in [1.807, 2.05) is 6.09 Å². The third kappa shape index (κ3) is 1.07. The minimum atomic E-state index is 0.961. The van der Waals surface area contributed by atoms with E-state index in [0.717, 1.165) is 11.4 Å². The van der Waals surface area contributed by atoms with Crippen molar-refractivity contribution < 1.29 is 4.65 Å². The molecule has 3 heteroatoms. The first-order chi connectivity index (χ1) is 6.43. The maximum atomic E-state index is 5.41. The molecular formula is C10H10BNO. The number of fused-ring (bicyclic) bond motifs is 2. The number of rotatable bonds is 0. The average molecular weight is 171 g/mol. The van der Waals surface area contributed by atoms with Crippen LogP contribution in [0.4, 0.5) is 5.69 Å². The van der Waals surface area contributed by atoms with E-state index in [4.69, 9.17) is 4.65 Å². The normalized spacial score (nSPS) is 16.6. The zero-order valence-electron chi connectivity index (χ0n) is 7.34. The van der Waals surface area contributed by atoms with Crippen molar-refractivity contribution in [1.82, 2.24) is 0 Å². The molecule has 1 heterocycles. The molecule has 13 heavy (non-hydrogen) atoms. The van der Waals surface area contributed by atoms with E-state index in [1.165, 1.54) is 30.4 Å². The number of nitrogens with one attached hydrogen (secondary N) is 1. The second-order valence-corrected chi connectivity index (χ2v) is 3.54. The van der Waals surface area contributed by atoms with Crippen LogP contribution in [0.25, 0.3) is 0 Å². The summed E-state index contributed by atoms with van der Waals surface area (Å²) in [5.74, 6) is 0.961. The van der Waals surface area contributed by atoms with Crippen LogP contribution in [0.5, 0.6) is 5.75 Å². The van der Waals surface area contributed by atoms with Gasteiger partial charge in [-0.1, -0.05) is 0 Å². The Balaban J connectivity index is 2.14. The Morgan fingerprint density at radius 2 is 2.08 bits per heavy atom. The molecule has 1 aromatic carbocycles. The Kier molecular flexibility index (Phi) is 1.45. The summed E-state index contributed by atoms with van der Waals surface area (Å²) in [4.78, 5) is 0. The predicted octanol–water partition coefficient (Wildman–Crippen LogP) is 1.36. The number of aryl methyl sites for hydroxylation is 2. The van der Waals surface area contributed by atoms with Gasteiger partial charge >= 0.3 is 77.1 Å². The van der Waals surface area contributed by atoms with Crippen molar-refractivity contribution in [2.45, 2.75) is 19.3 Å². The Labute approximate surface area is 77.9 Å². The summed E-state index contributed by atoms with van der Waals surface area (Å²) >= 11 is 0. The summed E-state index contributed by atoms with van der Waals surface area (Å²) in [6.07, 6.45) is 5.53. The SMILES string of the molecule is B1=CNc2cc3c(cc2O1)CCC3. The number of hydrogen-bond donors (Lipinski definition) is 1. The summed E-state index contributed by atoms with van der Waals surface area (Å²) in [5.41, 5.74) is 4.03. The molecule has 1 aliphatic carbocycles. The minimum absolute atomic E-state index is 0.961. The molecule has 0 spiro atoms. The standard InChI is InChI=1S/C10H10BNO/c1-2-7-4-9-10(5-8(7)3-1)13-11-6-12-9/h4-6,12H,1-3H2. The van der Waals surface area contributed by atoms with Crippen molar-refractivity contribution >= 4 is 18.9 Å². The zero-order valence-corrected chi connectivity index (χ0v) is 7.34. The summed E-state index contributed by atoms with van der Waals surface area (Å²) in [7, 11) is 1.68. The van der Waals surface area contributed by atoms with E-state index in [2.05, 4.69) is 17.4 Å². The first-order valence-electron chi connectivity index (χ1n) is 4.67. The monoisotopic (exact) mass is 171 g/mol. The van der Waals surface area contributed by atoms with Gasteiger partial charge in [-0.05, 0) is 0 Å². The molecule has 1 aromatic rings. The van der Waals surface area contributed by atoms with Gasteiger partial charge in [-0.2, -0.15) is 0 Å². The number of benzene rings is 1. The van der Waals surface area contributed by atoms with E-state index < -0.39 is 0 Å². The number of hydrogen-bond acceptors (Lipinski definition) is 2. The molecule has 0 aromatic heterocycles. The molecule has 0 atom stereocenters. The van der Waals surface area contributed by atoms with Crippen molar-refractivity contribution in [3.63, 3.8) is 0 Å². The molecule has 0 amide bonds. The number of anilines is 1. The van der Waals surface area contributed by atoms with Crippen LogP contribution in [0.15, 0.2) is 12.1 Å². The van der Waals surface area contributed by atoms with E-state index in [1.54, 1.807) is 7.12 Å². The first kappa shape index (κ1) is 7.19. The quantitative estimate of drug-likeness (QED) is 0.595. The molecule has 1 N–H and O–H groups in total. The molecule has 0 radical (unpaired) electrons.